The molecule has 0 saturated heterocycles. The molecule has 3 N–H and O–H groups in total. The summed E-state index contributed by atoms with van der Waals surface area (Å²) in [5, 5.41) is 0. The summed E-state index contributed by atoms with van der Waals surface area (Å²) in [6.07, 6.45) is 5.24. The van der Waals surface area contributed by atoms with Gasteiger partial charge in [-0.25, -0.2) is 0 Å². The second kappa shape index (κ2) is 4.07. The van der Waals surface area contributed by atoms with Crippen LogP contribution in [0.1, 0.15) is 39.5 Å². The summed E-state index contributed by atoms with van der Waals surface area (Å²) >= 11 is 0. The summed E-state index contributed by atoms with van der Waals surface area (Å²) in [6.45, 7) is 4.60. The number of nitrogens with one attached hydrogen (secondary N) is 1. The summed E-state index contributed by atoms with van der Waals surface area (Å²) in [5.41, 5.74) is 2.90. The summed E-state index contributed by atoms with van der Waals surface area (Å²) in [5.74, 6) is 7.19. The molecule has 1 aliphatic rings. The smallest absolute Gasteiger partial charge is 0.0215 e. The zero-order valence-electron chi connectivity index (χ0n) is 7.64. The molecule has 0 radical (unpaired) electrons. The van der Waals surface area contributed by atoms with E-state index in [4.69, 9.17) is 5.84 Å². The van der Waals surface area contributed by atoms with Gasteiger partial charge in [-0.3, -0.25) is 11.3 Å². The van der Waals surface area contributed by atoms with Gasteiger partial charge in [0.15, 0.2) is 0 Å². The number of hydrazine groups is 1. The summed E-state index contributed by atoms with van der Waals surface area (Å²) in [7, 11) is 0. The fraction of sp³-hybridized carbons (Fsp3) is 1.00. The van der Waals surface area contributed by atoms with Gasteiger partial charge in [0, 0.05) is 6.04 Å². The van der Waals surface area contributed by atoms with Gasteiger partial charge in [0.25, 0.3) is 0 Å². The number of hydrogen-bond donors (Lipinski definition) is 2. The van der Waals surface area contributed by atoms with Crippen molar-refractivity contribution in [2.24, 2.45) is 17.7 Å². The van der Waals surface area contributed by atoms with Gasteiger partial charge < -0.3 is 0 Å². The molecule has 2 heteroatoms. The Morgan fingerprint density at radius 2 is 2.09 bits per heavy atom. The molecular weight excluding hydrogens is 136 g/mol. The molecule has 3 atom stereocenters. The lowest BCUT2D eigenvalue weighted by molar-refractivity contribution is 0.223. The molecule has 0 bridgehead atoms. The first-order valence-electron chi connectivity index (χ1n) is 4.72. The molecule has 0 aromatic heterocycles. The number of rotatable bonds is 2. The molecule has 1 aliphatic carbocycles. The highest BCUT2D eigenvalue weighted by atomic mass is 15.2. The minimum absolute atomic E-state index is 0.573. The van der Waals surface area contributed by atoms with Crippen LogP contribution >= 0.6 is 0 Å². The Balaban J connectivity index is 2.37. The molecule has 3 unspecified atom stereocenters. The Morgan fingerprint density at radius 1 is 1.36 bits per heavy atom. The van der Waals surface area contributed by atoms with Crippen LogP contribution in [-0.4, -0.2) is 6.04 Å². The molecule has 2 nitrogen and oxygen atoms in total. The standard InChI is InChI=1S/C9H20N2/c1-3-8-4-7(2)5-9(6-8)11-10/h7-9,11H,3-6,10H2,1-2H3. The monoisotopic (exact) mass is 156 g/mol. The average Bonchev–Trinajstić information content (AvgIpc) is 2.03. The van der Waals surface area contributed by atoms with Crippen LogP contribution in [-0.2, 0) is 0 Å². The van der Waals surface area contributed by atoms with Crippen molar-refractivity contribution in [3.63, 3.8) is 0 Å². The molecule has 0 spiro atoms. The predicted octanol–water partition coefficient (Wildman–Crippen LogP) is 1.66. The first-order chi connectivity index (χ1) is 5.26. The van der Waals surface area contributed by atoms with Crippen LogP contribution in [0.3, 0.4) is 0 Å². The highest BCUT2D eigenvalue weighted by molar-refractivity contribution is 4.79. The Bertz CT molecular complexity index is 102. The lowest BCUT2D eigenvalue weighted by atomic mass is 9.78. The maximum absolute atomic E-state index is 5.43. The van der Waals surface area contributed by atoms with Crippen molar-refractivity contribution < 1.29 is 0 Å². The van der Waals surface area contributed by atoms with Crippen molar-refractivity contribution in [1.82, 2.24) is 5.43 Å². The van der Waals surface area contributed by atoms with E-state index in [2.05, 4.69) is 19.3 Å². The average molecular weight is 156 g/mol. The molecule has 0 aromatic carbocycles. The first-order valence-corrected chi connectivity index (χ1v) is 4.72. The molecule has 11 heavy (non-hydrogen) atoms. The molecular formula is C9H20N2. The molecule has 0 aromatic rings. The van der Waals surface area contributed by atoms with Crippen molar-refractivity contribution in [3.05, 3.63) is 0 Å². The Kier molecular flexibility index (Phi) is 3.34. The SMILES string of the molecule is CCC1CC(C)CC(NN)C1. The van der Waals surface area contributed by atoms with E-state index >= 15 is 0 Å². The van der Waals surface area contributed by atoms with Crippen LogP contribution in [0.5, 0.6) is 0 Å². The van der Waals surface area contributed by atoms with Gasteiger partial charge in [0.1, 0.15) is 0 Å². The van der Waals surface area contributed by atoms with Gasteiger partial charge in [-0.15, -0.1) is 0 Å². The summed E-state index contributed by atoms with van der Waals surface area (Å²) in [4.78, 5) is 0. The Hall–Kier alpha value is -0.0800. The van der Waals surface area contributed by atoms with Crippen molar-refractivity contribution in [2.75, 3.05) is 0 Å². The van der Waals surface area contributed by atoms with E-state index in [0.29, 0.717) is 6.04 Å². The van der Waals surface area contributed by atoms with Gasteiger partial charge in [0.2, 0.25) is 0 Å². The second-order valence-electron chi connectivity index (χ2n) is 3.95. The van der Waals surface area contributed by atoms with E-state index in [1.807, 2.05) is 0 Å². The molecule has 1 rings (SSSR count). The third-order valence-electron chi connectivity index (χ3n) is 2.85. The quantitative estimate of drug-likeness (QED) is 0.471. The molecule has 1 fully saturated rings. The van der Waals surface area contributed by atoms with E-state index in [0.717, 1.165) is 11.8 Å². The van der Waals surface area contributed by atoms with Gasteiger partial charge in [-0.05, 0) is 31.1 Å². The topological polar surface area (TPSA) is 38.0 Å². The number of nitrogens with two attached hydrogens (primary N) is 1. The van der Waals surface area contributed by atoms with E-state index in [1.165, 1.54) is 25.7 Å². The highest BCUT2D eigenvalue weighted by Crippen LogP contribution is 2.30. The minimum Gasteiger partial charge on any atom is -0.271 e. The third kappa shape index (κ3) is 2.46. The van der Waals surface area contributed by atoms with Crippen molar-refractivity contribution in [3.8, 4) is 0 Å². The van der Waals surface area contributed by atoms with E-state index in [-0.39, 0.29) is 0 Å². The summed E-state index contributed by atoms with van der Waals surface area (Å²) in [6, 6.07) is 0.573. The van der Waals surface area contributed by atoms with Crippen LogP contribution in [0.25, 0.3) is 0 Å². The van der Waals surface area contributed by atoms with Crippen LogP contribution in [0.4, 0.5) is 0 Å². The van der Waals surface area contributed by atoms with Crippen LogP contribution < -0.4 is 11.3 Å². The van der Waals surface area contributed by atoms with Crippen LogP contribution in [0, 0.1) is 11.8 Å². The van der Waals surface area contributed by atoms with Gasteiger partial charge in [-0.1, -0.05) is 20.3 Å². The van der Waals surface area contributed by atoms with E-state index < -0.39 is 0 Å². The Morgan fingerprint density at radius 3 is 2.64 bits per heavy atom. The predicted molar refractivity (Wildman–Crippen MR) is 47.9 cm³/mol. The largest absolute Gasteiger partial charge is 0.271 e. The summed E-state index contributed by atoms with van der Waals surface area (Å²) < 4.78 is 0. The first kappa shape index (κ1) is 9.01. The Labute approximate surface area is 69.5 Å². The molecule has 0 aliphatic heterocycles. The maximum Gasteiger partial charge on any atom is 0.0215 e. The molecule has 0 amide bonds. The highest BCUT2D eigenvalue weighted by Gasteiger charge is 2.24. The fourth-order valence-electron chi connectivity index (χ4n) is 2.22. The van der Waals surface area contributed by atoms with Gasteiger partial charge in [-0.2, -0.15) is 0 Å². The lowest BCUT2D eigenvalue weighted by Crippen LogP contribution is -2.40. The van der Waals surface area contributed by atoms with E-state index in [9.17, 15) is 0 Å². The zero-order valence-corrected chi connectivity index (χ0v) is 7.64. The van der Waals surface area contributed by atoms with Gasteiger partial charge >= 0.3 is 0 Å². The maximum atomic E-state index is 5.43. The molecule has 1 saturated carbocycles. The molecule has 0 heterocycles. The minimum atomic E-state index is 0.573. The van der Waals surface area contributed by atoms with Crippen molar-refractivity contribution in [2.45, 2.75) is 45.6 Å². The second-order valence-corrected chi connectivity index (χ2v) is 3.95. The van der Waals surface area contributed by atoms with Crippen molar-refractivity contribution >= 4 is 0 Å². The van der Waals surface area contributed by atoms with E-state index in [1.54, 1.807) is 0 Å². The van der Waals surface area contributed by atoms with Crippen LogP contribution in [0.2, 0.25) is 0 Å². The number of hydrogen-bond acceptors (Lipinski definition) is 2. The lowest BCUT2D eigenvalue weighted by Gasteiger charge is -2.32. The van der Waals surface area contributed by atoms with Crippen LogP contribution in [0.15, 0.2) is 0 Å². The van der Waals surface area contributed by atoms with Gasteiger partial charge in [0.05, 0.1) is 0 Å². The normalized spacial score (nSPS) is 39.0. The zero-order chi connectivity index (χ0) is 8.27. The third-order valence-corrected chi connectivity index (χ3v) is 2.85. The van der Waals surface area contributed by atoms with Crippen molar-refractivity contribution in [1.29, 1.82) is 0 Å². The fourth-order valence-corrected chi connectivity index (χ4v) is 2.22. The molecule has 66 valence electrons.